The Balaban J connectivity index is 1.76. The van der Waals surface area contributed by atoms with Crippen molar-refractivity contribution >= 4 is 23.4 Å². The van der Waals surface area contributed by atoms with E-state index in [9.17, 15) is 9.59 Å². The molecule has 0 heterocycles. The second-order valence-corrected chi connectivity index (χ2v) is 5.66. The van der Waals surface area contributed by atoms with Gasteiger partial charge in [-0.2, -0.15) is 0 Å². The lowest BCUT2D eigenvalue weighted by Gasteiger charge is -2.20. The van der Waals surface area contributed by atoms with Gasteiger partial charge in [-0.05, 0) is 37.0 Å². The molecule has 0 atom stereocenters. The fourth-order valence-corrected chi connectivity index (χ4v) is 2.72. The first-order valence-corrected chi connectivity index (χ1v) is 7.37. The monoisotopic (exact) mass is 294 g/mol. The third-order valence-corrected chi connectivity index (χ3v) is 3.84. The third-order valence-electron chi connectivity index (χ3n) is 3.60. The molecule has 1 aromatic carbocycles. The van der Waals surface area contributed by atoms with Crippen LogP contribution in [-0.4, -0.2) is 11.8 Å². The van der Waals surface area contributed by atoms with E-state index in [0.717, 1.165) is 12.8 Å². The van der Waals surface area contributed by atoms with Crippen molar-refractivity contribution in [2.75, 3.05) is 0 Å². The van der Waals surface area contributed by atoms with Crippen LogP contribution in [0, 0.1) is 5.92 Å². The second-order valence-electron chi connectivity index (χ2n) is 5.22. The molecular formula is C15H19ClN2O2. The summed E-state index contributed by atoms with van der Waals surface area (Å²) in [7, 11) is 0. The number of carbonyl (C=O) groups is 2. The van der Waals surface area contributed by atoms with Gasteiger partial charge in [-0.15, -0.1) is 0 Å². The minimum absolute atomic E-state index is 0.132. The molecule has 0 unspecified atom stereocenters. The second kappa shape index (κ2) is 7.29. The summed E-state index contributed by atoms with van der Waals surface area (Å²) in [6.07, 6.45) is 6.37. The molecular weight excluding hydrogens is 276 g/mol. The average Bonchev–Trinajstić information content (AvgIpc) is 2.46. The smallest absolute Gasteiger partial charge is 0.269 e. The highest BCUT2D eigenvalue weighted by Crippen LogP contribution is 2.25. The fraction of sp³-hybridized carbons (Fsp3) is 0.467. The first-order valence-electron chi connectivity index (χ1n) is 7.00. The average molecular weight is 295 g/mol. The highest BCUT2D eigenvalue weighted by atomic mass is 35.5. The number of hydrazine groups is 1. The minimum Gasteiger partial charge on any atom is -0.273 e. The van der Waals surface area contributed by atoms with Crippen LogP contribution in [0.2, 0.25) is 5.02 Å². The predicted molar refractivity (Wildman–Crippen MR) is 78.3 cm³/mol. The molecule has 1 aromatic rings. The van der Waals surface area contributed by atoms with Gasteiger partial charge in [0.1, 0.15) is 0 Å². The van der Waals surface area contributed by atoms with Crippen LogP contribution in [0.1, 0.15) is 48.9 Å². The Morgan fingerprint density at radius 2 is 1.90 bits per heavy atom. The Bertz CT molecular complexity index is 485. The molecule has 0 bridgehead atoms. The minimum atomic E-state index is -0.357. The predicted octanol–water partition coefficient (Wildman–Crippen LogP) is 3.07. The van der Waals surface area contributed by atoms with Crippen molar-refractivity contribution in [1.82, 2.24) is 10.9 Å². The van der Waals surface area contributed by atoms with Gasteiger partial charge in [0.15, 0.2) is 0 Å². The van der Waals surface area contributed by atoms with Gasteiger partial charge in [0.25, 0.3) is 5.91 Å². The highest BCUT2D eigenvalue weighted by Gasteiger charge is 2.17. The molecule has 2 N–H and O–H groups in total. The summed E-state index contributed by atoms with van der Waals surface area (Å²) in [5, 5.41) is 0.492. The summed E-state index contributed by atoms with van der Waals surface area (Å²) in [6.45, 7) is 0. The number of hydrogen-bond acceptors (Lipinski definition) is 2. The Hall–Kier alpha value is -1.55. The van der Waals surface area contributed by atoms with Crippen molar-refractivity contribution in [3.8, 4) is 0 Å². The summed E-state index contributed by atoms with van der Waals surface area (Å²) >= 11 is 5.81. The largest absolute Gasteiger partial charge is 0.273 e. The Morgan fingerprint density at radius 1 is 1.15 bits per heavy atom. The van der Waals surface area contributed by atoms with Gasteiger partial charge in [-0.3, -0.25) is 20.4 Å². The molecule has 0 spiro atoms. The van der Waals surface area contributed by atoms with Gasteiger partial charge < -0.3 is 0 Å². The SMILES string of the molecule is O=C(CC1CCCCC1)NNC(=O)c1cccc(Cl)c1. The normalized spacial score (nSPS) is 15.7. The summed E-state index contributed by atoms with van der Waals surface area (Å²) < 4.78 is 0. The molecule has 0 radical (unpaired) electrons. The first-order chi connectivity index (χ1) is 9.65. The maximum Gasteiger partial charge on any atom is 0.269 e. The molecule has 1 saturated carbocycles. The zero-order valence-electron chi connectivity index (χ0n) is 11.3. The Labute approximate surface area is 123 Å². The molecule has 4 nitrogen and oxygen atoms in total. The van der Waals surface area contributed by atoms with E-state index >= 15 is 0 Å². The molecule has 1 aliphatic carbocycles. The number of halogens is 1. The number of amides is 2. The molecule has 0 aliphatic heterocycles. The number of nitrogens with one attached hydrogen (secondary N) is 2. The van der Waals surface area contributed by atoms with Crippen LogP contribution in [0.5, 0.6) is 0 Å². The molecule has 20 heavy (non-hydrogen) atoms. The van der Waals surface area contributed by atoms with E-state index in [0.29, 0.717) is 22.9 Å². The van der Waals surface area contributed by atoms with Crippen molar-refractivity contribution < 1.29 is 9.59 Å². The molecule has 108 valence electrons. The van der Waals surface area contributed by atoms with Crippen molar-refractivity contribution in [2.45, 2.75) is 38.5 Å². The van der Waals surface area contributed by atoms with Crippen LogP contribution in [0.25, 0.3) is 0 Å². The summed E-state index contributed by atoms with van der Waals surface area (Å²) in [4.78, 5) is 23.6. The van der Waals surface area contributed by atoms with Crippen molar-refractivity contribution in [1.29, 1.82) is 0 Å². The van der Waals surface area contributed by atoms with Crippen LogP contribution in [0.3, 0.4) is 0 Å². The molecule has 1 aliphatic rings. The van der Waals surface area contributed by atoms with Gasteiger partial charge in [-0.1, -0.05) is 36.9 Å². The molecule has 2 amide bonds. The number of hydrogen-bond donors (Lipinski definition) is 2. The first kappa shape index (κ1) is 14.9. The maximum absolute atomic E-state index is 11.8. The molecule has 2 rings (SSSR count). The molecule has 1 fully saturated rings. The number of rotatable bonds is 3. The fourth-order valence-electron chi connectivity index (χ4n) is 2.53. The van der Waals surface area contributed by atoms with E-state index in [1.165, 1.54) is 19.3 Å². The van der Waals surface area contributed by atoms with Gasteiger partial charge in [0.05, 0.1) is 0 Å². The van der Waals surface area contributed by atoms with Crippen LogP contribution in [0.4, 0.5) is 0 Å². The zero-order chi connectivity index (χ0) is 14.4. The lowest BCUT2D eigenvalue weighted by molar-refractivity contribution is -0.123. The van der Waals surface area contributed by atoms with Gasteiger partial charge in [-0.25, -0.2) is 0 Å². The topological polar surface area (TPSA) is 58.2 Å². The molecule has 0 saturated heterocycles. The van der Waals surface area contributed by atoms with Gasteiger partial charge >= 0.3 is 0 Å². The van der Waals surface area contributed by atoms with Crippen LogP contribution < -0.4 is 10.9 Å². The van der Waals surface area contributed by atoms with Gasteiger partial charge in [0, 0.05) is 17.0 Å². The van der Waals surface area contributed by atoms with E-state index in [2.05, 4.69) is 10.9 Å². The quantitative estimate of drug-likeness (QED) is 0.842. The van der Waals surface area contributed by atoms with Crippen LogP contribution in [-0.2, 0) is 4.79 Å². The van der Waals surface area contributed by atoms with E-state index in [1.807, 2.05) is 0 Å². The van der Waals surface area contributed by atoms with E-state index in [1.54, 1.807) is 24.3 Å². The summed E-state index contributed by atoms with van der Waals surface area (Å²) in [5.41, 5.74) is 5.31. The zero-order valence-corrected chi connectivity index (χ0v) is 12.1. The lowest BCUT2D eigenvalue weighted by atomic mass is 9.87. The molecule has 5 heteroatoms. The summed E-state index contributed by atoms with van der Waals surface area (Å²) in [6, 6.07) is 6.60. The van der Waals surface area contributed by atoms with Crippen molar-refractivity contribution in [3.05, 3.63) is 34.9 Å². The van der Waals surface area contributed by atoms with Crippen LogP contribution >= 0.6 is 11.6 Å². The van der Waals surface area contributed by atoms with E-state index in [4.69, 9.17) is 11.6 Å². The van der Waals surface area contributed by atoms with Crippen molar-refractivity contribution in [2.24, 2.45) is 5.92 Å². The number of carbonyl (C=O) groups excluding carboxylic acids is 2. The summed E-state index contributed by atoms with van der Waals surface area (Å²) in [5.74, 6) is -0.0383. The third kappa shape index (κ3) is 4.53. The van der Waals surface area contributed by atoms with Crippen molar-refractivity contribution in [3.63, 3.8) is 0 Å². The van der Waals surface area contributed by atoms with E-state index < -0.39 is 0 Å². The Kier molecular flexibility index (Phi) is 5.41. The lowest BCUT2D eigenvalue weighted by Crippen LogP contribution is -2.42. The van der Waals surface area contributed by atoms with E-state index in [-0.39, 0.29) is 11.8 Å². The number of benzene rings is 1. The van der Waals surface area contributed by atoms with Crippen LogP contribution in [0.15, 0.2) is 24.3 Å². The molecule has 0 aromatic heterocycles. The van der Waals surface area contributed by atoms with Gasteiger partial charge in [0.2, 0.25) is 5.91 Å². The highest BCUT2D eigenvalue weighted by molar-refractivity contribution is 6.30. The Morgan fingerprint density at radius 3 is 2.60 bits per heavy atom. The maximum atomic E-state index is 11.8. The standard InChI is InChI=1S/C15H19ClN2O2/c16-13-8-4-7-12(10-13)15(20)18-17-14(19)9-11-5-2-1-3-6-11/h4,7-8,10-11H,1-3,5-6,9H2,(H,17,19)(H,18,20).